The van der Waals surface area contributed by atoms with Crippen molar-refractivity contribution in [1.82, 2.24) is 9.47 Å². The third kappa shape index (κ3) is 5.07. The van der Waals surface area contributed by atoms with Crippen LogP contribution in [0.15, 0.2) is 34.8 Å². The summed E-state index contributed by atoms with van der Waals surface area (Å²) in [4.78, 5) is 15.1. The largest absolute Gasteiger partial charge is 0.506 e. The van der Waals surface area contributed by atoms with Gasteiger partial charge in [-0.25, -0.2) is 8.98 Å². The van der Waals surface area contributed by atoms with E-state index in [1.54, 1.807) is 18.5 Å². The van der Waals surface area contributed by atoms with Gasteiger partial charge in [-0.3, -0.25) is 4.55 Å². The second-order valence-electron chi connectivity index (χ2n) is 7.64. The summed E-state index contributed by atoms with van der Waals surface area (Å²) in [5, 5.41) is 11.5. The van der Waals surface area contributed by atoms with Crippen molar-refractivity contribution in [2.75, 3.05) is 20.7 Å². The normalized spacial score (nSPS) is 12.0. The molecule has 2 aromatic carbocycles. The number of nitrogens with zero attached hydrogens (tertiary/aromatic N) is 2. The van der Waals surface area contributed by atoms with Crippen molar-refractivity contribution < 1.29 is 31.8 Å². The number of aryl methyl sites for hydroxylation is 1. The van der Waals surface area contributed by atoms with E-state index in [0.29, 0.717) is 22.2 Å². The molecular weight excluding hydrogens is 516 g/mol. The van der Waals surface area contributed by atoms with Crippen molar-refractivity contribution in [2.24, 2.45) is 7.05 Å². The molecular formula is C22H25BrN2O7S. The SMILES string of the molecule is CCOC(=O)c1c(-c2ccccc2)n(C)c2c(COS(=O)(=O)O)c(Br)c(O)c(CN(C)C)c12. The summed E-state index contributed by atoms with van der Waals surface area (Å²) in [5.74, 6) is -0.744. The zero-order valence-corrected chi connectivity index (χ0v) is 21.0. The highest BCUT2D eigenvalue weighted by atomic mass is 79.9. The summed E-state index contributed by atoms with van der Waals surface area (Å²) >= 11 is 3.35. The number of fused-ring (bicyclic) bond motifs is 1. The van der Waals surface area contributed by atoms with Crippen molar-refractivity contribution in [2.45, 2.75) is 20.1 Å². The summed E-state index contributed by atoms with van der Waals surface area (Å²) in [6.07, 6.45) is 0. The summed E-state index contributed by atoms with van der Waals surface area (Å²) in [6.45, 7) is 1.56. The summed E-state index contributed by atoms with van der Waals surface area (Å²) in [6, 6.07) is 9.19. The molecule has 0 aliphatic rings. The molecule has 3 rings (SSSR count). The van der Waals surface area contributed by atoms with Gasteiger partial charge in [0.1, 0.15) is 5.75 Å². The molecule has 1 aromatic heterocycles. The Kier molecular flexibility index (Phi) is 7.49. The zero-order valence-electron chi connectivity index (χ0n) is 18.6. The van der Waals surface area contributed by atoms with Gasteiger partial charge in [0.15, 0.2) is 0 Å². The fourth-order valence-corrected chi connectivity index (χ4v) is 4.71. The molecule has 0 unspecified atom stereocenters. The Hall–Kier alpha value is -2.44. The third-order valence-electron chi connectivity index (χ3n) is 5.09. The first-order valence-electron chi connectivity index (χ1n) is 10.0. The van der Waals surface area contributed by atoms with Crippen molar-refractivity contribution in [3.8, 4) is 17.0 Å². The van der Waals surface area contributed by atoms with Crippen LogP contribution in [-0.2, 0) is 39.5 Å². The number of ether oxygens (including phenoxy) is 1. The molecule has 2 N–H and O–H groups in total. The molecule has 1 heterocycles. The number of carbonyl (C=O) groups is 1. The lowest BCUT2D eigenvalue weighted by molar-refractivity contribution is 0.0529. The van der Waals surface area contributed by atoms with Crippen LogP contribution in [0.3, 0.4) is 0 Å². The first kappa shape index (κ1) is 25.2. The average Bonchev–Trinajstić information content (AvgIpc) is 3.04. The minimum absolute atomic E-state index is 0.147. The highest BCUT2D eigenvalue weighted by Crippen LogP contribution is 2.45. The van der Waals surface area contributed by atoms with Gasteiger partial charge >= 0.3 is 16.4 Å². The summed E-state index contributed by atoms with van der Waals surface area (Å²) < 4.78 is 43.7. The standard InChI is InChI=1S/C22H25BrN2O7S/c1-5-31-22(27)17-16-14(11-24(2)3)21(26)18(23)15(12-32-33(28,29)30)20(16)25(4)19(17)13-9-7-6-8-10-13/h6-10,26H,5,11-12H2,1-4H3,(H,28,29,30). The molecule has 3 aromatic rings. The molecule has 0 aliphatic carbocycles. The highest BCUT2D eigenvalue weighted by molar-refractivity contribution is 9.10. The van der Waals surface area contributed by atoms with E-state index in [-0.39, 0.29) is 34.5 Å². The molecule has 11 heteroatoms. The number of hydrogen-bond donors (Lipinski definition) is 2. The number of carbonyl (C=O) groups excluding carboxylic acids is 1. The van der Waals surface area contributed by atoms with E-state index in [1.165, 1.54) is 0 Å². The average molecular weight is 541 g/mol. The second kappa shape index (κ2) is 9.82. The highest BCUT2D eigenvalue weighted by Gasteiger charge is 2.31. The van der Waals surface area contributed by atoms with Crippen LogP contribution in [0.4, 0.5) is 0 Å². The summed E-state index contributed by atoms with van der Waals surface area (Å²) in [5.41, 5.74) is 2.67. The first-order chi connectivity index (χ1) is 15.5. The lowest BCUT2D eigenvalue weighted by Gasteiger charge is -2.18. The minimum atomic E-state index is -4.75. The van der Waals surface area contributed by atoms with E-state index in [2.05, 4.69) is 20.1 Å². The molecule has 178 valence electrons. The second-order valence-corrected chi connectivity index (χ2v) is 9.52. The number of aromatic nitrogens is 1. The lowest BCUT2D eigenvalue weighted by Crippen LogP contribution is -2.13. The molecule has 0 bridgehead atoms. The number of benzene rings is 2. The fraction of sp³-hybridized carbons (Fsp3) is 0.318. The Morgan fingerprint density at radius 1 is 1.18 bits per heavy atom. The van der Waals surface area contributed by atoms with Crippen LogP contribution in [0.5, 0.6) is 5.75 Å². The molecule has 33 heavy (non-hydrogen) atoms. The van der Waals surface area contributed by atoms with Crippen molar-refractivity contribution in [3.63, 3.8) is 0 Å². The summed E-state index contributed by atoms with van der Waals surface area (Å²) in [7, 11) is 0.613. The quantitative estimate of drug-likeness (QED) is 0.326. The minimum Gasteiger partial charge on any atom is -0.506 e. The molecule has 0 saturated carbocycles. The van der Waals surface area contributed by atoms with Crippen LogP contribution in [0.2, 0.25) is 0 Å². The molecule has 0 amide bonds. The maximum atomic E-state index is 13.2. The van der Waals surface area contributed by atoms with Gasteiger partial charge in [0.2, 0.25) is 0 Å². The zero-order chi connectivity index (χ0) is 24.5. The van der Waals surface area contributed by atoms with Crippen molar-refractivity contribution in [1.29, 1.82) is 0 Å². The van der Waals surface area contributed by atoms with Crippen LogP contribution in [0.1, 0.15) is 28.4 Å². The predicted molar refractivity (Wildman–Crippen MR) is 127 cm³/mol. The Morgan fingerprint density at radius 2 is 1.82 bits per heavy atom. The van der Waals surface area contributed by atoms with E-state index < -0.39 is 23.0 Å². The topological polar surface area (TPSA) is 118 Å². The van der Waals surface area contributed by atoms with Gasteiger partial charge in [-0.1, -0.05) is 30.3 Å². The van der Waals surface area contributed by atoms with Crippen LogP contribution in [-0.4, -0.2) is 54.2 Å². The van der Waals surface area contributed by atoms with E-state index in [9.17, 15) is 18.3 Å². The number of esters is 1. The number of halogens is 1. The Labute approximate surface area is 200 Å². The molecule has 0 radical (unpaired) electrons. The van der Waals surface area contributed by atoms with Crippen molar-refractivity contribution in [3.05, 3.63) is 51.5 Å². The number of rotatable bonds is 8. The van der Waals surface area contributed by atoms with Crippen LogP contribution < -0.4 is 0 Å². The predicted octanol–water partition coefficient (Wildman–Crippen LogP) is 3.87. The van der Waals surface area contributed by atoms with Crippen LogP contribution >= 0.6 is 15.9 Å². The lowest BCUT2D eigenvalue weighted by atomic mass is 9.98. The Bertz CT molecular complexity index is 1300. The van der Waals surface area contributed by atoms with Gasteiger partial charge in [0.05, 0.1) is 34.5 Å². The maximum Gasteiger partial charge on any atom is 0.397 e. The molecule has 0 aliphatic heterocycles. The monoisotopic (exact) mass is 540 g/mol. The van der Waals surface area contributed by atoms with E-state index in [1.807, 2.05) is 49.3 Å². The van der Waals surface area contributed by atoms with Gasteiger partial charge < -0.3 is 19.3 Å². The first-order valence-corrected chi connectivity index (χ1v) is 12.2. The van der Waals surface area contributed by atoms with Gasteiger partial charge in [-0.05, 0) is 42.5 Å². The molecule has 0 fully saturated rings. The van der Waals surface area contributed by atoms with Gasteiger partial charge in [0, 0.05) is 30.1 Å². The maximum absolute atomic E-state index is 13.2. The van der Waals surface area contributed by atoms with Crippen LogP contribution in [0, 0.1) is 0 Å². The molecule has 0 atom stereocenters. The number of phenols is 1. The van der Waals surface area contributed by atoms with E-state index in [0.717, 1.165) is 5.56 Å². The fourth-order valence-electron chi connectivity index (χ4n) is 3.90. The smallest absolute Gasteiger partial charge is 0.397 e. The van der Waals surface area contributed by atoms with Gasteiger partial charge in [-0.15, -0.1) is 0 Å². The van der Waals surface area contributed by atoms with Gasteiger partial charge in [0.25, 0.3) is 0 Å². The van der Waals surface area contributed by atoms with E-state index >= 15 is 0 Å². The van der Waals surface area contributed by atoms with Crippen LogP contribution in [0.25, 0.3) is 22.2 Å². The Morgan fingerprint density at radius 3 is 2.36 bits per heavy atom. The van der Waals surface area contributed by atoms with Gasteiger partial charge in [-0.2, -0.15) is 8.42 Å². The molecule has 0 spiro atoms. The molecule has 9 nitrogen and oxygen atoms in total. The molecule has 0 saturated heterocycles. The van der Waals surface area contributed by atoms with E-state index in [4.69, 9.17) is 9.29 Å². The third-order valence-corrected chi connectivity index (χ3v) is 6.36. The Balaban J connectivity index is 2.53. The number of phenolic OH excluding ortho intramolecular Hbond substituents is 1. The number of hydrogen-bond acceptors (Lipinski definition) is 7. The number of aromatic hydroxyl groups is 1. The van der Waals surface area contributed by atoms with Crippen molar-refractivity contribution >= 4 is 43.2 Å².